The van der Waals surface area contributed by atoms with Crippen molar-refractivity contribution in [3.63, 3.8) is 0 Å². The number of imide groups is 1. The van der Waals surface area contributed by atoms with Crippen LogP contribution in [-0.2, 0) is 14.3 Å². The zero-order valence-electron chi connectivity index (χ0n) is 22.7. The number of amides is 2. The number of hydrogen-bond acceptors (Lipinski definition) is 6. The summed E-state index contributed by atoms with van der Waals surface area (Å²) in [6.45, 7) is 1.58. The number of aromatic nitrogens is 1. The van der Waals surface area contributed by atoms with E-state index < -0.39 is 24.2 Å². The third-order valence-corrected chi connectivity index (χ3v) is 8.34. The Labute approximate surface area is 246 Å². The highest BCUT2D eigenvalue weighted by molar-refractivity contribution is 6.31. The van der Waals surface area contributed by atoms with Gasteiger partial charge in [0.25, 0.3) is 0 Å². The molecule has 1 saturated carbocycles. The number of fused-ring (bicyclic) bond motifs is 2. The van der Waals surface area contributed by atoms with Gasteiger partial charge in [0, 0.05) is 21.5 Å². The molecule has 1 aliphatic carbocycles. The molecule has 2 amide bonds. The summed E-state index contributed by atoms with van der Waals surface area (Å²) in [7, 11) is 0. The molecule has 1 aromatic heterocycles. The summed E-state index contributed by atoms with van der Waals surface area (Å²) in [5.74, 6) is -2.10. The molecule has 0 bridgehead atoms. The number of rotatable bonds is 6. The van der Waals surface area contributed by atoms with E-state index in [-0.39, 0.29) is 34.8 Å². The summed E-state index contributed by atoms with van der Waals surface area (Å²) in [5.41, 5.74) is 2.48. The SMILES string of the molecule is CC1CCC2C(=O)N(c3ccc(-c4cc(C(=O)OCC(=O)c5ccc(F)cc5)c5cc(Cl)ccc5n4)cc3)C(=O)C2C1. The number of carbonyl (C=O) groups is 4. The van der Waals surface area contributed by atoms with Gasteiger partial charge in [-0.2, -0.15) is 0 Å². The Bertz CT molecular complexity index is 1740. The Kier molecular flexibility index (Phi) is 7.33. The number of ketones is 1. The van der Waals surface area contributed by atoms with E-state index in [0.717, 1.165) is 31.4 Å². The number of halogens is 2. The third kappa shape index (κ3) is 5.18. The summed E-state index contributed by atoms with van der Waals surface area (Å²) >= 11 is 6.20. The molecule has 1 saturated heterocycles. The molecule has 3 aromatic carbocycles. The van der Waals surface area contributed by atoms with Gasteiger partial charge in [-0.15, -0.1) is 0 Å². The van der Waals surface area contributed by atoms with E-state index in [1.165, 1.54) is 17.0 Å². The second-order valence-electron chi connectivity index (χ2n) is 10.9. The third-order valence-electron chi connectivity index (χ3n) is 8.10. The Hall–Kier alpha value is -4.43. The Morgan fingerprint density at radius 2 is 1.67 bits per heavy atom. The van der Waals surface area contributed by atoms with Gasteiger partial charge in [-0.05, 0) is 85.8 Å². The van der Waals surface area contributed by atoms with Gasteiger partial charge in [-0.25, -0.2) is 14.2 Å². The van der Waals surface area contributed by atoms with Crippen molar-refractivity contribution in [2.24, 2.45) is 17.8 Å². The number of pyridine rings is 1. The van der Waals surface area contributed by atoms with Crippen molar-refractivity contribution < 1.29 is 28.3 Å². The summed E-state index contributed by atoms with van der Waals surface area (Å²) in [6.07, 6.45) is 2.39. The lowest BCUT2D eigenvalue weighted by Gasteiger charge is -2.25. The molecule has 7 nitrogen and oxygen atoms in total. The van der Waals surface area contributed by atoms with Crippen molar-refractivity contribution in [1.29, 1.82) is 0 Å². The monoisotopic (exact) mass is 584 g/mol. The van der Waals surface area contributed by atoms with Crippen LogP contribution in [0.3, 0.4) is 0 Å². The van der Waals surface area contributed by atoms with Gasteiger partial charge in [-0.1, -0.05) is 30.7 Å². The van der Waals surface area contributed by atoms with Crippen LogP contribution >= 0.6 is 11.6 Å². The Balaban J connectivity index is 1.27. The van der Waals surface area contributed by atoms with Crippen LogP contribution in [0.25, 0.3) is 22.2 Å². The maximum Gasteiger partial charge on any atom is 0.339 e. The molecule has 2 heterocycles. The molecule has 3 atom stereocenters. The Morgan fingerprint density at radius 1 is 0.952 bits per heavy atom. The van der Waals surface area contributed by atoms with Crippen molar-refractivity contribution in [2.45, 2.75) is 26.2 Å². The highest BCUT2D eigenvalue weighted by Crippen LogP contribution is 2.42. The number of carbonyl (C=O) groups excluding carboxylic acids is 4. The first-order valence-corrected chi connectivity index (χ1v) is 14.1. The largest absolute Gasteiger partial charge is 0.454 e. The van der Waals surface area contributed by atoms with Crippen LogP contribution in [0.4, 0.5) is 10.1 Å². The normalized spacial score (nSPS) is 20.1. The zero-order valence-corrected chi connectivity index (χ0v) is 23.4. The smallest absolute Gasteiger partial charge is 0.339 e. The van der Waals surface area contributed by atoms with E-state index in [2.05, 4.69) is 11.9 Å². The van der Waals surface area contributed by atoms with Gasteiger partial charge in [-0.3, -0.25) is 19.3 Å². The van der Waals surface area contributed by atoms with Gasteiger partial charge in [0.2, 0.25) is 11.8 Å². The Morgan fingerprint density at radius 3 is 2.40 bits per heavy atom. The summed E-state index contributed by atoms with van der Waals surface area (Å²) in [5, 5.41) is 0.847. The molecule has 2 aliphatic rings. The lowest BCUT2D eigenvalue weighted by atomic mass is 9.76. The van der Waals surface area contributed by atoms with Crippen molar-refractivity contribution in [2.75, 3.05) is 11.5 Å². The quantitative estimate of drug-likeness (QED) is 0.143. The average molecular weight is 585 g/mol. The molecule has 212 valence electrons. The van der Waals surface area contributed by atoms with Gasteiger partial charge in [0.15, 0.2) is 12.4 Å². The fraction of sp³-hybridized carbons (Fsp3) is 0.242. The van der Waals surface area contributed by atoms with Gasteiger partial charge >= 0.3 is 5.97 Å². The molecule has 6 rings (SSSR count). The first-order chi connectivity index (χ1) is 20.2. The van der Waals surface area contributed by atoms with E-state index in [4.69, 9.17) is 16.3 Å². The predicted octanol–water partition coefficient (Wildman–Crippen LogP) is 6.66. The molecule has 0 N–H and O–H groups in total. The van der Waals surface area contributed by atoms with Crippen LogP contribution in [0.5, 0.6) is 0 Å². The second kappa shape index (κ2) is 11.1. The zero-order chi connectivity index (χ0) is 29.5. The van der Waals surface area contributed by atoms with E-state index in [0.29, 0.717) is 38.8 Å². The molecule has 0 spiro atoms. The number of nitrogens with zero attached hydrogens (tertiary/aromatic N) is 2. The number of Topliss-reactive ketones (excluding diaryl/α,β-unsaturated/α-hetero) is 1. The number of hydrogen-bond donors (Lipinski definition) is 0. The summed E-state index contributed by atoms with van der Waals surface area (Å²) in [6, 6.07) is 18.4. The van der Waals surface area contributed by atoms with Crippen LogP contribution in [0.1, 0.15) is 46.9 Å². The van der Waals surface area contributed by atoms with E-state index in [1.54, 1.807) is 48.5 Å². The summed E-state index contributed by atoms with van der Waals surface area (Å²) in [4.78, 5) is 58.0. The van der Waals surface area contributed by atoms with Crippen LogP contribution in [0.15, 0.2) is 72.8 Å². The minimum absolute atomic E-state index is 0.148. The molecule has 42 heavy (non-hydrogen) atoms. The van der Waals surface area contributed by atoms with Gasteiger partial charge in [0.05, 0.1) is 34.3 Å². The molecule has 2 fully saturated rings. The number of ether oxygens (including phenoxy) is 1. The predicted molar refractivity (Wildman–Crippen MR) is 156 cm³/mol. The molecule has 0 radical (unpaired) electrons. The molecule has 9 heteroatoms. The van der Waals surface area contributed by atoms with Gasteiger partial charge in [0.1, 0.15) is 5.82 Å². The fourth-order valence-corrected chi connectivity index (χ4v) is 6.04. The van der Waals surface area contributed by atoms with Crippen molar-refractivity contribution >= 4 is 51.8 Å². The van der Waals surface area contributed by atoms with Crippen molar-refractivity contribution in [3.8, 4) is 11.3 Å². The average Bonchev–Trinajstić information content (AvgIpc) is 3.24. The standard InChI is InChI=1S/C33H26ClFN2O5/c1-18-2-12-24-26(14-18)32(40)37(31(24)39)23-10-5-19(6-11-23)29-16-27(25-15-21(34)7-13-28(25)36-29)33(41)42-17-30(38)20-3-8-22(35)9-4-20/h3-11,13,15-16,18,24,26H,2,12,14,17H2,1H3. The van der Waals surface area contributed by atoms with Crippen LogP contribution < -0.4 is 4.90 Å². The molecule has 1 aliphatic heterocycles. The van der Waals surface area contributed by atoms with Crippen LogP contribution in [-0.4, -0.2) is 35.2 Å². The number of anilines is 1. The summed E-state index contributed by atoms with van der Waals surface area (Å²) < 4.78 is 18.6. The van der Waals surface area contributed by atoms with E-state index in [1.807, 2.05) is 0 Å². The molecule has 4 aromatic rings. The first-order valence-electron chi connectivity index (χ1n) is 13.7. The van der Waals surface area contributed by atoms with E-state index in [9.17, 15) is 23.6 Å². The molecular formula is C33H26ClFN2O5. The maximum absolute atomic E-state index is 13.2. The lowest BCUT2D eigenvalue weighted by molar-refractivity contribution is -0.122. The minimum atomic E-state index is -0.747. The highest BCUT2D eigenvalue weighted by Gasteiger charge is 2.49. The van der Waals surface area contributed by atoms with Gasteiger partial charge < -0.3 is 4.74 Å². The lowest BCUT2D eigenvalue weighted by Crippen LogP contribution is -2.30. The van der Waals surface area contributed by atoms with Crippen molar-refractivity contribution in [3.05, 3.63) is 94.8 Å². The van der Waals surface area contributed by atoms with Crippen LogP contribution in [0, 0.1) is 23.6 Å². The first kappa shape index (κ1) is 27.7. The van der Waals surface area contributed by atoms with Crippen LogP contribution in [0.2, 0.25) is 5.02 Å². The fourth-order valence-electron chi connectivity index (χ4n) is 5.87. The number of benzene rings is 3. The van der Waals surface area contributed by atoms with E-state index >= 15 is 0 Å². The maximum atomic E-state index is 13.2. The molecular weight excluding hydrogens is 559 g/mol. The highest BCUT2D eigenvalue weighted by atomic mass is 35.5. The van der Waals surface area contributed by atoms with Crippen molar-refractivity contribution in [1.82, 2.24) is 4.98 Å². The second-order valence-corrected chi connectivity index (χ2v) is 11.3. The number of esters is 1. The molecule has 3 unspecified atom stereocenters. The minimum Gasteiger partial charge on any atom is -0.454 e. The topological polar surface area (TPSA) is 93.6 Å².